The predicted molar refractivity (Wildman–Crippen MR) is 369 cm³/mol. The van der Waals surface area contributed by atoms with Crippen LogP contribution in [0.2, 0.25) is 0 Å². The fourth-order valence-electron chi connectivity index (χ4n) is 17.0. The maximum Gasteiger partial charge on any atom is 0.0493 e. The average Bonchev–Trinajstić information content (AvgIpc) is 1.27. The predicted octanol–water partition coefficient (Wildman–Crippen LogP) is 21.0. The molecule has 0 saturated carbocycles. The van der Waals surface area contributed by atoms with Gasteiger partial charge in [-0.25, -0.2) is 0 Å². The van der Waals surface area contributed by atoms with Gasteiger partial charge in [0.1, 0.15) is 0 Å². The molecule has 16 rings (SSSR count). The van der Waals surface area contributed by atoms with E-state index in [1.54, 1.807) is 0 Å². The first-order valence-corrected chi connectivity index (χ1v) is 32.9. The summed E-state index contributed by atoms with van der Waals surface area (Å²) in [5.41, 5.74) is 22.9. The summed E-state index contributed by atoms with van der Waals surface area (Å²) >= 11 is 0. The first-order valence-electron chi connectivity index (χ1n) is 32.9. The molecule has 4 nitrogen and oxygen atoms in total. The lowest BCUT2D eigenvalue weighted by atomic mass is 9.80. The molecule has 2 unspecified atom stereocenters. The van der Waals surface area contributed by atoms with Crippen molar-refractivity contribution in [2.75, 3.05) is 58.9 Å². The van der Waals surface area contributed by atoms with E-state index in [0.717, 1.165) is 39.3 Å². The minimum atomic E-state index is -0.112. The van der Waals surface area contributed by atoms with Crippen LogP contribution in [0.15, 0.2) is 200 Å². The van der Waals surface area contributed by atoms with Crippen LogP contribution in [0, 0.1) is 6.92 Å². The Balaban J connectivity index is 0.873. The van der Waals surface area contributed by atoms with Gasteiger partial charge in [-0.15, -0.1) is 0 Å². The number of anilines is 4. The van der Waals surface area contributed by atoms with Gasteiger partial charge >= 0.3 is 0 Å². The fraction of sp³-hybridized carbons (Fsp3) is 0.293. The van der Waals surface area contributed by atoms with Crippen LogP contribution in [0.1, 0.15) is 108 Å². The van der Waals surface area contributed by atoms with Crippen molar-refractivity contribution in [2.24, 2.45) is 0 Å². The normalized spacial score (nSPS) is 18.7. The molecule has 0 bridgehead atoms. The monoisotopic (exact) mass is 1120 g/mol. The summed E-state index contributed by atoms with van der Waals surface area (Å²) < 4.78 is 0. The molecule has 428 valence electrons. The Morgan fingerprint density at radius 3 is 1.22 bits per heavy atom. The van der Waals surface area contributed by atoms with Crippen molar-refractivity contribution in [1.29, 1.82) is 0 Å². The van der Waals surface area contributed by atoms with Crippen molar-refractivity contribution in [3.05, 3.63) is 217 Å². The standard InChI is InChI=1S/C82H80N4/c1-55-25-12-13-30-62(55)79-65-44-40-60(53-70(65)78(57-28-10-5-11-29-57)63-41-37-59(52-71(63)79)84-47-20-7-21-48-84)85-49-22-16-35-75(85)76-36-17-23-50-86(76)61-39-43-64-72(54-61)80(68-32-24-34-74-81(68)67-31-14-15-33-73(67)82(74,2)3)66-42-38-58(83-45-18-6-19-46-83)51-69(66)77(64)56-26-8-4-9-27-56/h4-5,8-15,24-34,37-44,51-54,75-76H,6-7,16-23,35-36,45-50H2,1-3H3. The quantitative estimate of drug-likeness (QED) is 0.134. The molecule has 86 heavy (non-hydrogen) atoms. The zero-order chi connectivity index (χ0) is 57.5. The molecule has 4 fully saturated rings. The lowest BCUT2D eigenvalue weighted by Crippen LogP contribution is -2.56. The topological polar surface area (TPSA) is 13.0 Å². The third kappa shape index (κ3) is 8.90. The summed E-state index contributed by atoms with van der Waals surface area (Å²) in [7, 11) is 0. The Hall–Kier alpha value is -8.34. The second-order valence-electron chi connectivity index (χ2n) is 26.5. The van der Waals surface area contributed by atoms with Crippen LogP contribution < -0.4 is 19.6 Å². The van der Waals surface area contributed by atoms with E-state index in [2.05, 4.69) is 241 Å². The zero-order valence-corrected chi connectivity index (χ0v) is 50.7. The van der Waals surface area contributed by atoms with Crippen LogP contribution in [0.4, 0.5) is 22.7 Å². The third-order valence-electron chi connectivity index (χ3n) is 21.2. The van der Waals surface area contributed by atoms with Gasteiger partial charge in [0.15, 0.2) is 0 Å². The Bertz CT molecular complexity index is 4390. The van der Waals surface area contributed by atoms with E-state index < -0.39 is 0 Å². The van der Waals surface area contributed by atoms with Crippen molar-refractivity contribution >= 4 is 65.8 Å². The van der Waals surface area contributed by atoms with Crippen molar-refractivity contribution < 1.29 is 0 Å². The number of fused-ring (bicyclic) bond motifs is 7. The Kier molecular flexibility index (Phi) is 13.5. The van der Waals surface area contributed by atoms with Crippen molar-refractivity contribution in [3.8, 4) is 55.6 Å². The van der Waals surface area contributed by atoms with E-state index in [9.17, 15) is 0 Å². The van der Waals surface area contributed by atoms with Crippen molar-refractivity contribution in [3.63, 3.8) is 0 Å². The van der Waals surface area contributed by atoms with Gasteiger partial charge < -0.3 is 19.6 Å². The van der Waals surface area contributed by atoms with E-state index in [1.165, 1.54) is 215 Å². The van der Waals surface area contributed by atoms with E-state index in [1.807, 2.05) is 0 Å². The molecular formula is C82H80N4. The second-order valence-corrected chi connectivity index (χ2v) is 26.5. The second kappa shape index (κ2) is 21.9. The third-order valence-corrected chi connectivity index (χ3v) is 21.2. The molecule has 4 aliphatic heterocycles. The molecule has 4 heteroatoms. The Morgan fingerprint density at radius 2 is 0.698 bits per heavy atom. The molecule has 11 aromatic carbocycles. The van der Waals surface area contributed by atoms with Gasteiger partial charge in [0, 0.05) is 79.5 Å². The summed E-state index contributed by atoms with van der Waals surface area (Å²) in [6, 6.07) is 79.2. The molecule has 2 atom stereocenters. The minimum Gasteiger partial charge on any atom is -0.372 e. The number of piperidine rings is 4. The van der Waals surface area contributed by atoms with Crippen LogP contribution in [0.3, 0.4) is 0 Å². The van der Waals surface area contributed by atoms with Gasteiger partial charge in [-0.2, -0.15) is 0 Å². The van der Waals surface area contributed by atoms with Gasteiger partial charge in [-0.3, -0.25) is 0 Å². The van der Waals surface area contributed by atoms with Gasteiger partial charge in [0.05, 0.1) is 0 Å². The molecule has 0 radical (unpaired) electrons. The summed E-state index contributed by atoms with van der Waals surface area (Å²) in [5.74, 6) is 0. The van der Waals surface area contributed by atoms with Gasteiger partial charge in [0.2, 0.25) is 0 Å². The average molecular weight is 1120 g/mol. The van der Waals surface area contributed by atoms with Crippen LogP contribution in [0.5, 0.6) is 0 Å². The number of nitrogens with zero attached hydrogens (tertiary/aromatic N) is 4. The zero-order valence-electron chi connectivity index (χ0n) is 50.7. The summed E-state index contributed by atoms with van der Waals surface area (Å²) in [4.78, 5) is 11.0. The maximum atomic E-state index is 2.88. The van der Waals surface area contributed by atoms with E-state index >= 15 is 0 Å². The Labute approximate surface area is 509 Å². The highest BCUT2D eigenvalue weighted by Gasteiger charge is 2.39. The number of rotatable bonds is 9. The van der Waals surface area contributed by atoms with Gasteiger partial charge in [-0.05, 0) is 248 Å². The summed E-state index contributed by atoms with van der Waals surface area (Å²) in [5, 5.41) is 10.7. The first-order chi connectivity index (χ1) is 42.4. The lowest BCUT2D eigenvalue weighted by molar-refractivity contribution is 0.338. The van der Waals surface area contributed by atoms with Crippen LogP contribution in [0.25, 0.3) is 98.7 Å². The number of hydrogen-bond acceptors (Lipinski definition) is 4. The highest BCUT2D eigenvalue weighted by atomic mass is 15.3. The molecule has 0 N–H and O–H groups in total. The number of benzene rings is 11. The van der Waals surface area contributed by atoms with Crippen LogP contribution in [-0.4, -0.2) is 51.4 Å². The van der Waals surface area contributed by atoms with Gasteiger partial charge in [0.25, 0.3) is 0 Å². The van der Waals surface area contributed by atoms with Crippen LogP contribution >= 0.6 is 0 Å². The van der Waals surface area contributed by atoms with E-state index in [0.29, 0.717) is 12.1 Å². The summed E-state index contributed by atoms with van der Waals surface area (Å²) in [6.07, 6.45) is 14.9. The maximum absolute atomic E-state index is 2.88. The molecule has 1 aliphatic carbocycles. The molecule has 0 amide bonds. The minimum absolute atomic E-state index is 0.112. The molecule has 0 aromatic heterocycles. The van der Waals surface area contributed by atoms with Crippen molar-refractivity contribution in [2.45, 2.75) is 115 Å². The highest BCUT2D eigenvalue weighted by Crippen LogP contribution is 2.56. The molecule has 4 heterocycles. The highest BCUT2D eigenvalue weighted by molar-refractivity contribution is 6.25. The van der Waals surface area contributed by atoms with E-state index in [-0.39, 0.29) is 5.41 Å². The first kappa shape index (κ1) is 53.2. The molecule has 11 aromatic rings. The Morgan fingerprint density at radius 1 is 0.302 bits per heavy atom. The number of aryl methyl sites for hydroxylation is 1. The molecule has 5 aliphatic rings. The van der Waals surface area contributed by atoms with Crippen LogP contribution in [-0.2, 0) is 5.41 Å². The summed E-state index contributed by atoms with van der Waals surface area (Å²) in [6.45, 7) is 13.8. The SMILES string of the molecule is Cc1ccccc1-c1c2ccc(N3CCCCC3C3CCCCN3c3ccc4c(-c5ccccc5)c5cc(N6CCCCC6)ccc5c(-c5cccc6c5-c5ccccc5C6(C)C)c4c3)cc2c(-c2ccccc2)c2ccc(N3CCCCC3)cc12. The fourth-order valence-corrected chi connectivity index (χ4v) is 17.0. The largest absolute Gasteiger partial charge is 0.372 e. The van der Waals surface area contributed by atoms with Crippen molar-refractivity contribution in [1.82, 2.24) is 0 Å². The molecule has 0 spiro atoms. The van der Waals surface area contributed by atoms with E-state index in [4.69, 9.17) is 0 Å². The molecule has 4 saturated heterocycles. The van der Waals surface area contributed by atoms with Gasteiger partial charge in [-0.1, -0.05) is 166 Å². The molecular weight excluding hydrogens is 1040 g/mol. The lowest BCUT2D eigenvalue weighted by Gasteiger charge is -2.49. The number of hydrogen-bond donors (Lipinski definition) is 0. The smallest absolute Gasteiger partial charge is 0.0493 e.